The smallest absolute Gasteiger partial charge is 0.415 e. The van der Waals surface area contributed by atoms with Crippen LogP contribution in [0.25, 0.3) is 11.1 Å². The van der Waals surface area contributed by atoms with Crippen molar-refractivity contribution >= 4 is 27.7 Å². The van der Waals surface area contributed by atoms with E-state index in [1.54, 1.807) is 12.3 Å². The van der Waals surface area contributed by atoms with Gasteiger partial charge in [0, 0.05) is 24.4 Å². The molecule has 0 bridgehead atoms. The number of ether oxygens (including phenoxy) is 1. The van der Waals surface area contributed by atoms with Gasteiger partial charge in [0.1, 0.15) is 11.9 Å². The number of aromatic nitrogens is 1. The van der Waals surface area contributed by atoms with Crippen LogP contribution in [-0.4, -0.2) is 54.2 Å². The number of benzene rings is 1. The van der Waals surface area contributed by atoms with Crippen LogP contribution >= 0.6 is 0 Å². The van der Waals surface area contributed by atoms with Gasteiger partial charge >= 0.3 is 12.1 Å². The lowest BCUT2D eigenvalue weighted by Gasteiger charge is -2.24. The number of sulfone groups is 1. The molecule has 0 spiro atoms. The minimum Gasteiger partial charge on any atom is -0.480 e. The number of anilines is 1. The fourth-order valence-corrected chi connectivity index (χ4v) is 3.80. The summed E-state index contributed by atoms with van der Waals surface area (Å²) in [5.74, 6) is -1.13. The number of rotatable bonds is 6. The van der Waals surface area contributed by atoms with Gasteiger partial charge in [-0.1, -0.05) is 30.3 Å². The van der Waals surface area contributed by atoms with E-state index in [4.69, 9.17) is 4.74 Å². The number of hydrogen-bond acceptors (Lipinski definition) is 6. The fourth-order valence-electron chi connectivity index (χ4n) is 2.99. The Morgan fingerprint density at radius 1 is 1.25 bits per heavy atom. The molecule has 2 heterocycles. The van der Waals surface area contributed by atoms with Crippen LogP contribution in [0.2, 0.25) is 0 Å². The minimum absolute atomic E-state index is 0.0227. The molecule has 1 aliphatic heterocycles. The van der Waals surface area contributed by atoms with Crippen LogP contribution in [0.4, 0.5) is 10.6 Å². The molecule has 1 fully saturated rings. The van der Waals surface area contributed by atoms with Crippen molar-refractivity contribution in [1.82, 2.24) is 4.98 Å². The first kappa shape index (κ1) is 19.8. The summed E-state index contributed by atoms with van der Waals surface area (Å²) in [5, 5.41) is 9.37. The van der Waals surface area contributed by atoms with Crippen molar-refractivity contribution in [2.75, 3.05) is 17.7 Å². The van der Waals surface area contributed by atoms with Crippen LogP contribution in [0.5, 0.6) is 0 Å². The maximum absolute atomic E-state index is 12.2. The van der Waals surface area contributed by atoms with Gasteiger partial charge in [-0.25, -0.2) is 18.2 Å². The summed E-state index contributed by atoms with van der Waals surface area (Å²) < 4.78 is 27.0. The number of nitrogens with zero attached hydrogens (tertiary/aromatic N) is 2. The van der Waals surface area contributed by atoms with Crippen molar-refractivity contribution in [1.29, 1.82) is 0 Å². The molecule has 8 nitrogen and oxygen atoms in total. The second-order valence-electron chi connectivity index (χ2n) is 6.90. The molecular formula is C19H20N2O6S. The zero-order chi connectivity index (χ0) is 20.5. The van der Waals surface area contributed by atoms with Crippen LogP contribution in [0, 0.1) is 0 Å². The number of carboxylic acids is 1. The zero-order valence-electron chi connectivity index (χ0n) is 15.4. The highest BCUT2D eigenvalue weighted by Gasteiger charge is 2.48. The molecule has 1 amide bonds. The molecule has 3 rings (SSSR count). The van der Waals surface area contributed by atoms with Crippen LogP contribution in [0.1, 0.15) is 13.3 Å². The third-order valence-electron chi connectivity index (χ3n) is 4.89. The summed E-state index contributed by atoms with van der Waals surface area (Å²) in [7, 11) is -3.91. The third kappa shape index (κ3) is 3.70. The number of aliphatic carboxylic acids is 1. The van der Waals surface area contributed by atoms with Crippen molar-refractivity contribution in [2.24, 2.45) is 0 Å². The van der Waals surface area contributed by atoms with E-state index < -0.39 is 32.8 Å². The van der Waals surface area contributed by atoms with E-state index in [9.17, 15) is 23.1 Å². The van der Waals surface area contributed by atoms with Gasteiger partial charge in [-0.05, 0) is 24.6 Å². The van der Waals surface area contributed by atoms with Gasteiger partial charge in [-0.3, -0.25) is 9.69 Å². The first-order valence-electron chi connectivity index (χ1n) is 8.54. The van der Waals surface area contributed by atoms with Gasteiger partial charge < -0.3 is 9.84 Å². The average Bonchev–Trinajstić information content (AvgIpc) is 3.01. The molecule has 0 aliphatic carbocycles. The number of carbonyl (C=O) groups is 2. The van der Waals surface area contributed by atoms with Crippen molar-refractivity contribution in [3.8, 4) is 11.1 Å². The van der Waals surface area contributed by atoms with Crippen LogP contribution in [0.3, 0.4) is 0 Å². The van der Waals surface area contributed by atoms with E-state index in [1.165, 1.54) is 4.90 Å². The highest BCUT2D eigenvalue weighted by molar-refractivity contribution is 7.92. The minimum atomic E-state index is -3.91. The molecule has 1 saturated heterocycles. The molecular weight excluding hydrogens is 384 g/mol. The highest BCUT2D eigenvalue weighted by atomic mass is 32.2. The first-order chi connectivity index (χ1) is 13.1. The molecule has 0 radical (unpaired) electrons. The Balaban J connectivity index is 1.77. The van der Waals surface area contributed by atoms with Gasteiger partial charge in [0.2, 0.25) is 0 Å². The van der Waals surface area contributed by atoms with Crippen molar-refractivity contribution < 1.29 is 27.9 Å². The van der Waals surface area contributed by atoms with Crippen molar-refractivity contribution in [2.45, 2.75) is 24.2 Å². The molecule has 1 N–H and O–H groups in total. The van der Waals surface area contributed by atoms with E-state index in [-0.39, 0.29) is 13.0 Å². The number of carboxylic acid groups (broad SMARTS) is 1. The molecule has 1 aliphatic rings. The van der Waals surface area contributed by atoms with Crippen molar-refractivity contribution in [3.05, 3.63) is 48.7 Å². The normalized spacial score (nSPS) is 19.1. The molecule has 1 aromatic heterocycles. The van der Waals surface area contributed by atoms with Crippen molar-refractivity contribution in [3.63, 3.8) is 0 Å². The van der Waals surface area contributed by atoms with E-state index in [0.717, 1.165) is 24.3 Å². The Bertz CT molecular complexity index is 991. The fraction of sp³-hybridized carbons (Fsp3) is 0.316. The predicted molar refractivity (Wildman–Crippen MR) is 103 cm³/mol. The monoisotopic (exact) mass is 404 g/mol. The number of pyridine rings is 1. The van der Waals surface area contributed by atoms with E-state index in [1.807, 2.05) is 36.4 Å². The summed E-state index contributed by atoms with van der Waals surface area (Å²) in [6.07, 6.45) is 0.582. The second-order valence-corrected chi connectivity index (χ2v) is 9.35. The summed E-state index contributed by atoms with van der Waals surface area (Å²) in [5.41, 5.74) is 1.86. The summed E-state index contributed by atoms with van der Waals surface area (Å²) in [6.45, 7) is 1.14. The Morgan fingerprint density at radius 2 is 1.93 bits per heavy atom. The van der Waals surface area contributed by atoms with Gasteiger partial charge in [0.05, 0.1) is 6.54 Å². The van der Waals surface area contributed by atoms with E-state index in [0.29, 0.717) is 5.82 Å². The predicted octanol–water partition coefficient (Wildman–Crippen LogP) is 2.35. The lowest BCUT2D eigenvalue weighted by molar-refractivity contribution is -0.140. The zero-order valence-corrected chi connectivity index (χ0v) is 16.2. The SMILES string of the molecule is CC(CC1CN(c2ccc(-c3ccccc3)cn2)C(=O)O1)(C(=O)O)S(C)(=O)=O. The Morgan fingerprint density at radius 3 is 2.46 bits per heavy atom. The summed E-state index contributed by atoms with van der Waals surface area (Å²) in [6, 6.07) is 13.1. The maximum Gasteiger partial charge on any atom is 0.415 e. The average molecular weight is 404 g/mol. The molecule has 1 aromatic carbocycles. The Hall–Kier alpha value is -2.94. The Labute approximate surface area is 162 Å². The molecule has 2 aromatic rings. The number of amides is 1. The largest absolute Gasteiger partial charge is 0.480 e. The summed E-state index contributed by atoms with van der Waals surface area (Å²) >= 11 is 0. The number of cyclic esters (lactones) is 1. The summed E-state index contributed by atoms with van der Waals surface area (Å²) in [4.78, 5) is 29.3. The van der Waals surface area contributed by atoms with Gasteiger partial charge in [-0.15, -0.1) is 0 Å². The lowest BCUT2D eigenvalue weighted by atomic mass is 10.0. The molecule has 2 unspecified atom stereocenters. The molecule has 0 saturated carbocycles. The van der Waals surface area contributed by atoms with Gasteiger partial charge in [0.15, 0.2) is 14.6 Å². The highest BCUT2D eigenvalue weighted by Crippen LogP contribution is 2.30. The standard InChI is InChI=1S/C19H20N2O6S/c1-19(17(22)23,28(2,25)26)10-15-12-21(18(24)27-15)16-9-8-14(11-20-16)13-6-4-3-5-7-13/h3-9,11,15H,10,12H2,1-2H3,(H,22,23). The van der Waals surface area contributed by atoms with Crippen LogP contribution < -0.4 is 4.90 Å². The van der Waals surface area contributed by atoms with Crippen LogP contribution in [0.15, 0.2) is 48.7 Å². The topological polar surface area (TPSA) is 114 Å². The molecule has 28 heavy (non-hydrogen) atoms. The first-order valence-corrected chi connectivity index (χ1v) is 10.4. The Kier molecular flexibility index (Phi) is 5.12. The van der Waals surface area contributed by atoms with Crippen LogP contribution in [-0.2, 0) is 19.4 Å². The quantitative estimate of drug-likeness (QED) is 0.786. The third-order valence-corrected chi connectivity index (χ3v) is 6.87. The number of hydrogen-bond donors (Lipinski definition) is 1. The van der Waals surface area contributed by atoms with Gasteiger partial charge in [-0.2, -0.15) is 0 Å². The molecule has 9 heteroatoms. The number of carbonyl (C=O) groups excluding carboxylic acids is 1. The maximum atomic E-state index is 12.2. The van der Waals surface area contributed by atoms with E-state index >= 15 is 0 Å². The van der Waals surface area contributed by atoms with E-state index in [2.05, 4.69) is 4.98 Å². The molecule has 2 atom stereocenters. The molecule has 148 valence electrons. The second kappa shape index (κ2) is 7.23. The lowest BCUT2D eigenvalue weighted by Crippen LogP contribution is -2.46. The van der Waals surface area contributed by atoms with Gasteiger partial charge in [0.25, 0.3) is 0 Å².